The summed E-state index contributed by atoms with van der Waals surface area (Å²) in [5, 5.41) is 4.69. The first-order chi connectivity index (χ1) is 16.4. The van der Waals surface area contributed by atoms with Crippen LogP contribution in [0.15, 0.2) is 48.0 Å². The van der Waals surface area contributed by atoms with E-state index in [0.717, 1.165) is 35.7 Å². The molecule has 2 fully saturated rings. The summed E-state index contributed by atoms with van der Waals surface area (Å²) in [5.74, 6) is 2.28. The number of likely N-dealkylation sites (tertiary alicyclic amines) is 1. The predicted molar refractivity (Wildman–Crippen MR) is 145 cm³/mol. The quantitative estimate of drug-likeness (QED) is 0.396. The lowest BCUT2D eigenvalue weighted by Gasteiger charge is -2.62. The second-order valence-corrected chi connectivity index (χ2v) is 18.0. The van der Waals surface area contributed by atoms with E-state index in [9.17, 15) is 0 Å². The van der Waals surface area contributed by atoms with E-state index in [-0.39, 0.29) is 5.54 Å². The average molecular weight is 488 g/mol. The maximum absolute atomic E-state index is 5.51. The fraction of sp³-hybridized carbons (Fsp3) is 0.517. The van der Waals surface area contributed by atoms with Crippen molar-refractivity contribution in [2.24, 2.45) is 17.8 Å². The van der Waals surface area contributed by atoms with Crippen LogP contribution < -0.4 is 5.19 Å². The third-order valence-corrected chi connectivity index (χ3v) is 11.5. The minimum absolute atomic E-state index is 0.132. The lowest BCUT2D eigenvalue weighted by Crippen LogP contribution is -2.62. The van der Waals surface area contributed by atoms with Crippen molar-refractivity contribution in [1.82, 2.24) is 14.9 Å². The van der Waals surface area contributed by atoms with E-state index in [4.69, 9.17) is 9.97 Å². The highest BCUT2D eigenvalue weighted by Gasteiger charge is 2.57. The van der Waals surface area contributed by atoms with E-state index in [0.29, 0.717) is 0 Å². The molecule has 5 heteroatoms. The normalized spacial score (nSPS) is 28.9. The molecule has 3 nitrogen and oxygen atoms in total. The van der Waals surface area contributed by atoms with Gasteiger partial charge in [-0.25, -0.2) is 4.98 Å². The van der Waals surface area contributed by atoms with Crippen LogP contribution in [0, 0.1) is 17.8 Å². The van der Waals surface area contributed by atoms with Gasteiger partial charge in [-0.3, -0.25) is 9.88 Å². The molecule has 0 amide bonds. The molecule has 1 aliphatic heterocycles. The van der Waals surface area contributed by atoms with E-state index in [1.165, 1.54) is 54.4 Å². The van der Waals surface area contributed by atoms with Crippen LogP contribution in [0.4, 0.5) is 0 Å². The molecule has 178 valence electrons. The smallest absolute Gasteiger partial charge is 0.141 e. The van der Waals surface area contributed by atoms with Crippen molar-refractivity contribution in [1.29, 1.82) is 0 Å². The Hall–Kier alpha value is -1.82. The molecule has 1 saturated heterocycles. The van der Waals surface area contributed by atoms with Crippen molar-refractivity contribution in [2.45, 2.75) is 70.8 Å². The van der Waals surface area contributed by atoms with Crippen LogP contribution in [0.25, 0.3) is 10.7 Å². The topological polar surface area (TPSA) is 29.0 Å². The molecule has 1 aromatic carbocycles. The van der Waals surface area contributed by atoms with E-state index in [1.54, 1.807) is 16.9 Å². The molecule has 0 radical (unpaired) electrons. The van der Waals surface area contributed by atoms with Gasteiger partial charge >= 0.3 is 0 Å². The van der Waals surface area contributed by atoms with Gasteiger partial charge in [0.05, 0.1) is 19.3 Å². The van der Waals surface area contributed by atoms with Gasteiger partial charge in [0.1, 0.15) is 5.01 Å². The Morgan fingerprint density at radius 3 is 2.74 bits per heavy atom. The molecule has 0 unspecified atom stereocenters. The predicted octanol–water partition coefficient (Wildman–Crippen LogP) is 6.46. The summed E-state index contributed by atoms with van der Waals surface area (Å²) >= 11 is 1.74. The maximum Gasteiger partial charge on any atom is 0.141 e. The summed E-state index contributed by atoms with van der Waals surface area (Å²) in [6.07, 6.45) is 8.41. The molecule has 2 bridgehead atoms. The lowest BCUT2D eigenvalue weighted by molar-refractivity contribution is -0.0967. The van der Waals surface area contributed by atoms with Crippen molar-refractivity contribution in [3.8, 4) is 10.7 Å². The Morgan fingerprint density at radius 1 is 1.18 bits per heavy atom. The first kappa shape index (κ1) is 22.6. The lowest BCUT2D eigenvalue weighted by atomic mass is 9.53. The first-order valence-corrected chi connectivity index (χ1v) is 17.5. The molecule has 3 heterocycles. The van der Waals surface area contributed by atoms with E-state index < -0.39 is 8.07 Å². The monoisotopic (exact) mass is 487 g/mol. The number of hydrogen-bond acceptors (Lipinski definition) is 4. The van der Waals surface area contributed by atoms with Crippen molar-refractivity contribution in [3.05, 3.63) is 64.8 Å². The van der Waals surface area contributed by atoms with Crippen molar-refractivity contribution < 1.29 is 0 Å². The van der Waals surface area contributed by atoms with Gasteiger partial charge in [0.25, 0.3) is 0 Å². The Balaban J connectivity index is 1.56. The number of piperidine rings is 1. The third kappa shape index (κ3) is 3.63. The molecule has 2 aromatic heterocycles. The van der Waals surface area contributed by atoms with Crippen LogP contribution >= 0.6 is 11.3 Å². The summed E-state index contributed by atoms with van der Waals surface area (Å²) in [5.41, 5.74) is 5.71. The molecule has 1 saturated carbocycles. The summed E-state index contributed by atoms with van der Waals surface area (Å²) in [4.78, 5) is 13.1. The minimum atomic E-state index is -1.62. The van der Waals surface area contributed by atoms with Gasteiger partial charge in [-0.1, -0.05) is 63.0 Å². The van der Waals surface area contributed by atoms with Crippen molar-refractivity contribution >= 4 is 24.6 Å². The fourth-order valence-corrected chi connectivity index (χ4v) is 9.70. The van der Waals surface area contributed by atoms with Crippen LogP contribution in [0.2, 0.25) is 19.6 Å². The van der Waals surface area contributed by atoms with Gasteiger partial charge in [0.2, 0.25) is 0 Å². The molecule has 4 atom stereocenters. The van der Waals surface area contributed by atoms with Gasteiger partial charge in [-0.15, -0.1) is 11.3 Å². The standard InChI is InChI=1S/C29H37N3SSi/c1-20-15-22-16-25-24(17-26(34(2,3)4)27(31-25)28-30-12-14-33-28)29(18-20)23(22)11-8-13-32(29)19-21-9-6-5-7-10-21/h5-7,9-10,12,14,17,20,22-23H,8,11,13,15-16,18-19H2,1-4H3/t20-,22+,23-,29-/m1/s1. The molecule has 3 aliphatic rings. The molecule has 6 rings (SSSR count). The van der Waals surface area contributed by atoms with Gasteiger partial charge < -0.3 is 0 Å². The van der Waals surface area contributed by atoms with Crippen LogP contribution in [-0.2, 0) is 18.5 Å². The SMILES string of the molecule is C[C@@H]1C[C@H]2Cc3nc(-c4nccs4)c([Si](C)(C)C)cc3[C@@]3(C1)[C@@H]2CCCN3Cc1ccccc1. The average Bonchev–Trinajstić information content (AvgIpc) is 3.33. The number of thiazole rings is 1. The highest BCUT2D eigenvalue weighted by Crippen LogP contribution is 2.59. The van der Waals surface area contributed by atoms with Gasteiger partial charge in [-0.05, 0) is 72.7 Å². The number of benzene rings is 1. The third-order valence-electron chi connectivity index (χ3n) is 8.74. The zero-order valence-electron chi connectivity index (χ0n) is 21.1. The molecule has 34 heavy (non-hydrogen) atoms. The van der Waals surface area contributed by atoms with Gasteiger partial charge in [0, 0.05) is 23.8 Å². The Morgan fingerprint density at radius 2 is 2.00 bits per heavy atom. The van der Waals surface area contributed by atoms with Crippen molar-refractivity contribution in [3.63, 3.8) is 0 Å². The second kappa shape index (κ2) is 8.39. The number of aromatic nitrogens is 2. The number of pyridine rings is 1. The van der Waals surface area contributed by atoms with Crippen molar-refractivity contribution in [2.75, 3.05) is 6.54 Å². The summed E-state index contributed by atoms with van der Waals surface area (Å²) in [6.45, 7) is 12.2. The molecule has 0 spiro atoms. The molecule has 0 N–H and O–H groups in total. The van der Waals surface area contributed by atoms with E-state index in [2.05, 4.69) is 73.2 Å². The van der Waals surface area contributed by atoms with Gasteiger partial charge in [-0.2, -0.15) is 0 Å². The van der Waals surface area contributed by atoms with Crippen LogP contribution in [0.5, 0.6) is 0 Å². The van der Waals surface area contributed by atoms with Crippen LogP contribution in [0.3, 0.4) is 0 Å². The number of fused-ring (bicyclic) bond motifs is 1. The Kier molecular flexibility index (Phi) is 5.58. The minimum Gasteiger partial charge on any atom is -0.289 e. The highest BCUT2D eigenvalue weighted by atomic mass is 32.1. The summed E-state index contributed by atoms with van der Waals surface area (Å²) in [6, 6.07) is 13.8. The fourth-order valence-electron chi connectivity index (χ4n) is 7.51. The summed E-state index contributed by atoms with van der Waals surface area (Å²) in [7, 11) is -1.62. The summed E-state index contributed by atoms with van der Waals surface area (Å²) < 4.78 is 0. The zero-order valence-corrected chi connectivity index (χ0v) is 22.9. The number of nitrogens with zero attached hydrogens (tertiary/aromatic N) is 3. The largest absolute Gasteiger partial charge is 0.289 e. The molecule has 2 aliphatic carbocycles. The van der Waals surface area contributed by atoms with E-state index in [1.807, 2.05) is 6.20 Å². The Bertz CT molecular complexity index is 1170. The Labute approximate surface area is 209 Å². The second-order valence-electron chi connectivity index (χ2n) is 12.1. The molecular formula is C29H37N3SSi. The number of rotatable bonds is 4. The van der Waals surface area contributed by atoms with Crippen LogP contribution in [-0.4, -0.2) is 29.5 Å². The maximum atomic E-state index is 5.51. The number of hydrogen-bond donors (Lipinski definition) is 0. The first-order valence-electron chi connectivity index (χ1n) is 13.1. The van der Waals surface area contributed by atoms with Crippen LogP contribution in [0.1, 0.15) is 49.4 Å². The highest BCUT2D eigenvalue weighted by molar-refractivity contribution is 7.13. The molecule has 3 aromatic rings. The van der Waals surface area contributed by atoms with Gasteiger partial charge in [0.15, 0.2) is 0 Å². The molecular weight excluding hydrogens is 450 g/mol. The zero-order chi connectivity index (χ0) is 23.5. The van der Waals surface area contributed by atoms with E-state index >= 15 is 0 Å².